The second kappa shape index (κ2) is 13.2. The van der Waals surface area contributed by atoms with E-state index in [1.807, 2.05) is 13.8 Å². The topological polar surface area (TPSA) is 140 Å². The Morgan fingerprint density at radius 3 is 2.42 bits per heavy atom. The number of nitrogens with zero attached hydrogens (tertiary/aromatic N) is 3. The number of alkyl halides is 2. The normalized spacial score (nSPS) is 22.5. The van der Waals surface area contributed by atoms with Gasteiger partial charge in [-0.25, -0.2) is 19.6 Å². The van der Waals surface area contributed by atoms with E-state index in [0.29, 0.717) is 43.8 Å². The van der Waals surface area contributed by atoms with Gasteiger partial charge in [0, 0.05) is 6.54 Å². The number of hydrogen-bond donors (Lipinski definition) is 2. The highest BCUT2D eigenvalue weighted by molar-refractivity contribution is 5.91. The van der Waals surface area contributed by atoms with Crippen molar-refractivity contribution in [2.75, 3.05) is 20.3 Å². The van der Waals surface area contributed by atoms with Crippen molar-refractivity contribution in [3.8, 4) is 5.88 Å². The zero-order valence-corrected chi connectivity index (χ0v) is 26.5. The third-order valence-electron chi connectivity index (χ3n) is 8.10. The fourth-order valence-electron chi connectivity index (χ4n) is 5.84. The van der Waals surface area contributed by atoms with Crippen LogP contribution in [0, 0.1) is 10.8 Å². The van der Waals surface area contributed by atoms with Gasteiger partial charge in [0.1, 0.15) is 18.2 Å². The maximum Gasteiger partial charge on any atom is 0.408 e. The smallest absolute Gasteiger partial charge is 0.408 e. The van der Waals surface area contributed by atoms with Gasteiger partial charge in [-0.15, -0.1) is 0 Å². The van der Waals surface area contributed by atoms with Gasteiger partial charge >= 0.3 is 18.0 Å². The van der Waals surface area contributed by atoms with Crippen molar-refractivity contribution in [2.24, 2.45) is 10.8 Å². The average Bonchev–Trinajstić information content (AvgIpc) is 3.54. The molecule has 2 aliphatic rings. The first-order valence-electron chi connectivity index (χ1n) is 15.0. The fraction of sp³-hybridized carbons (Fsp3) is 0.594. The number of allylic oxidation sites excluding steroid dienone is 1. The number of nitrogens with one attached hydrogen (secondary N) is 1. The molecule has 45 heavy (non-hydrogen) atoms. The molecular weight excluding hydrogens is 590 g/mol. The molecule has 0 spiro atoms. The molecule has 0 unspecified atom stereocenters. The van der Waals surface area contributed by atoms with Crippen molar-refractivity contribution in [2.45, 2.75) is 90.5 Å². The van der Waals surface area contributed by atoms with Crippen molar-refractivity contribution in [1.29, 1.82) is 0 Å². The van der Waals surface area contributed by atoms with Crippen LogP contribution in [0.3, 0.4) is 0 Å². The van der Waals surface area contributed by atoms with E-state index in [-0.39, 0.29) is 17.5 Å². The van der Waals surface area contributed by atoms with Crippen LogP contribution in [0.4, 0.5) is 13.6 Å². The molecule has 1 aromatic carbocycles. The number of fused-ring (bicyclic) bond motifs is 1. The maximum absolute atomic E-state index is 14.9. The van der Waals surface area contributed by atoms with Crippen LogP contribution >= 0.6 is 0 Å². The summed E-state index contributed by atoms with van der Waals surface area (Å²) in [7, 11) is 1.28. The summed E-state index contributed by atoms with van der Waals surface area (Å²) in [5.41, 5.74) is -1.37. The number of methoxy groups -OCH3 is 1. The number of carbonyl (C=O) groups is 3. The molecule has 1 aromatic heterocycles. The van der Waals surface area contributed by atoms with E-state index in [9.17, 15) is 28.3 Å². The minimum Gasteiger partial charge on any atom is -0.492 e. The molecule has 4 rings (SSSR count). The minimum absolute atomic E-state index is 0.202. The highest BCUT2D eigenvalue weighted by atomic mass is 19.3. The number of esters is 1. The molecule has 1 saturated carbocycles. The number of likely N-dealkylation sites (tertiary alicyclic amines) is 1. The molecule has 2 N–H and O–H groups in total. The van der Waals surface area contributed by atoms with Crippen molar-refractivity contribution in [3.63, 3.8) is 0 Å². The molecule has 0 radical (unpaired) electrons. The molecule has 2 aromatic rings. The largest absolute Gasteiger partial charge is 0.492 e. The SMILES string of the molecule is COC(=O)[C@@H]1CC(C)(C)CN1C(=O)[C@@H](NC(=O)O[C@@H]1CCC[C@H]1OC/C=C/C(F)(F)c1nc2ccccc2nc1O)C(C)(C)C. The Morgan fingerprint density at radius 1 is 1.13 bits per heavy atom. The lowest BCUT2D eigenvalue weighted by molar-refractivity contribution is -0.152. The Balaban J connectivity index is 1.36. The first kappa shape index (κ1) is 34.0. The van der Waals surface area contributed by atoms with Crippen LogP contribution in [0.15, 0.2) is 36.4 Å². The Labute approximate surface area is 261 Å². The predicted molar refractivity (Wildman–Crippen MR) is 160 cm³/mol. The molecule has 1 aliphatic heterocycles. The number of alkyl carbamates (subject to hydrolysis) is 1. The average molecular weight is 633 g/mol. The second-order valence-corrected chi connectivity index (χ2v) is 13.5. The lowest BCUT2D eigenvalue weighted by Gasteiger charge is -2.35. The standard InChI is InChI=1S/C32H42F2N4O7/c1-30(2,3)25(27(40)38-18-31(4,5)17-21(38)28(41)43-6)37-29(42)45-23-14-9-13-22(23)44-16-10-15-32(33,34)24-26(39)36-20-12-8-7-11-19(20)35-24/h7-8,10-12,15,21-23,25H,9,13-14,16-18H2,1-6H3,(H,36,39)(H,37,42)/b15-10+/t21-,22+,23+,25+/m0/s1. The molecule has 246 valence electrons. The number of amides is 2. The van der Waals surface area contributed by atoms with Gasteiger partial charge in [-0.05, 0) is 54.7 Å². The third kappa shape index (κ3) is 8.05. The summed E-state index contributed by atoms with van der Waals surface area (Å²) in [6, 6.07) is 4.63. The number of hydrogen-bond acceptors (Lipinski definition) is 9. The molecule has 1 saturated heterocycles. The Morgan fingerprint density at radius 2 is 1.78 bits per heavy atom. The van der Waals surface area contributed by atoms with Gasteiger partial charge in [-0.2, -0.15) is 8.78 Å². The third-order valence-corrected chi connectivity index (χ3v) is 8.10. The van der Waals surface area contributed by atoms with E-state index in [1.165, 1.54) is 18.1 Å². The van der Waals surface area contributed by atoms with Gasteiger partial charge in [0.05, 0.1) is 30.9 Å². The predicted octanol–water partition coefficient (Wildman–Crippen LogP) is 4.86. The van der Waals surface area contributed by atoms with Gasteiger partial charge < -0.3 is 29.5 Å². The number of para-hydroxylation sites is 2. The summed E-state index contributed by atoms with van der Waals surface area (Å²) in [5, 5.41) is 12.8. The number of aromatic nitrogens is 2. The number of ether oxygens (including phenoxy) is 3. The lowest BCUT2D eigenvalue weighted by atomic mass is 9.85. The van der Waals surface area contributed by atoms with E-state index < -0.39 is 65.2 Å². The highest BCUT2D eigenvalue weighted by Crippen LogP contribution is 2.37. The number of aromatic hydroxyl groups is 1. The van der Waals surface area contributed by atoms with Gasteiger partial charge in [-0.1, -0.05) is 52.8 Å². The first-order valence-corrected chi connectivity index (χ1v) is 15.0. The summed E-state index contributed by atoms with van der Waals surface area (Å²) in [6.45, 7) is 9.45. The zero-order chi connectivity index (χ0) is 33.2. The second-order valence-electron chi connectivity index (χ2n) is 13.5. The number of rotatable bonds is 9. The van der Waals surface area contributed by atoms with Crippen molar-refractivity contribution < 1.29 is 42.5 Å². The number of halogens is 2. The highest BCUT2D eigenvalue weighted by Gasteiger charge is 2.48. The van der Waals surface area contributed by atoms with Crippen LogP contribution in [0.2, 0.25) is 0 Å². The van der Waals surface area contributed by atoms with Crippen molar-refractivity contribution in [1.82, 2.24) is 20.2 Å². The first-order chi connectivity index (χ1) is 21.0. The fourth-order valence-corrected chi connectivity index (χ4v) is 5.84. The van der Waals surface area contributed by atoms with Gasteiger partial charge in [0.2, 0.25) is 11.8 Å². The van der Waals surface area contributed by atoms with Crippen molar-refractivity contribution in [3.05, 3.63) is 42.1 Å². The lowest BCUT2D eigenvalue weighted by Crippen LogP contribution is -2.57. The Kier molecular flexibility index (Phi) is 10.0. The van der Waals surface area contributed by atoms with Gasteiger partial charge in [-0.3, -0.25) is 4.79 Å². The molecule has 1 aliphatic carbocycles. The molecule has 2 amide bonds. The zero-order valence-electron chi connectivity index (χ0n) is 26.5. The molecule has 2 fully saturated rings. The van der Waals surface area contributed by atoms with Crippen LogP contribution in [0.25, 0.3) is 11.0 Å². The van der Waals surface area contributed by atoms with Crippen LogP contribution in [-0.2, 0) is 29.7 Å². The Hall–Kier alpha value is -3.87. The van der Waals surface area contributed by atoms with Gasteiger partial charge in [0.25, 0.3) is 0 Å². The molecule has 4 atom stereocenters. The van der Waals surface area contributed by atoms with Crippen LogP contribution < -0.4 is 5.32 Å². The molecule has 11 nitrogen and oxygen atoms in total. The van der Waals surface area contributed by atoms with Crippen molar-refractivity contribution >= 4 is 29.0 Å². The van der Waals surface area contributed by atoms with Crippen LogP contribution in [-0.4, -0.2) is 82.5 Å². The molecular formula is C32H42F2N4O7. The molecule has 13 heteroatoms. The Bertz CT molecular complexity index is 1440. The number of carbonyl (C=O) groups excluding carboxylic acids is 3. The summed E-state index contributed by atoms with van der Waals surface area (Å²) in [6.07, 6.45) is 1.86. The monoisotopic (exact) mass is 632 g/mol. The molecule has 2 heterocycles. The van der Waals surface area contributed by atoms with E-state index in [4.69, 9.17) is 14.2 Å². The summed E-state index contributed by atoms with van der Waals surface area (Å²) in [4.78, 5) is 48.4. The quantitative estimate of drug-likeness (QED) is 0.293. The van der Waals surface area contributed by atoms with E-state index in [0.717, 1.165) is 6.08 Å². The van der Waals surface area contributed by atoms with Crippen LogP contribution in [0.1, 0.15) is 66.0 Å². The molecule has 0 bridgehead atoms. The summed E-state index contributed by atoms with van der Waals surface area (Å²) < 4.78 is 46.1. The summed E-state index contributed by atoms with van der Waals surface area (Å²) in [5.74, 6) is -5.39. The minimum atomic E-state index is -3.61. The maximum atomic E-state index is 14.9. The van der Waals surface area contributed by atoms with E-state index >= 15 is 0 Å². The number of benzene rings is 1. The van der Waals surface area contributed by atoms with Crippen LogP contribution in [0.5, 0.6) is 5.88 Å². The van der Waals surface area contributed by atoms with E-state index in [1.54, 1.807) is 39.0 Å². The van der Waals surface area contributed by atoms with E-state index in [2.05, 4.69) is 15.3 Å². The summed E-state index contributed by atoms with van der Waals surface area (Å²) >= 11 is 0. The van der Waals surface area contributed by atoms with Gasteiger partial charge in [0.15, 0.2) is 5.69 Å².